The Balaban J connectivity index is 0.00000529. The van der Waals surface area contributed by atoms with E-state index in [0.29, 0.717) is 6.42 Å². The van der Waals surface area contributed by atoms with E-state index in [0.717, 1.165) is 5.56 Å². The first-order valence-electron chi connectivity index (χ1n) is 7.31. The number of carbonyl (C=O) groups excluding carboxylic acids is 2. The highest BCUT2D eigenvalue weighted by molar-refractivity contribution is 5.85. The van der Waals surface area contributed by atoms with Gasteiger partial charge in [0.15, 0.2) is 0 Å². The van der Waals surface area contributed by atoms with E-state index < -0.39 is 30.5 Å². The molecule has 8 nitrogen and oxygen atoms in total. The lowest BCUT2D eigenvalue weighted by molar-refractivity contribution is -0.154. The Kier molecular flexibility index (Phi) is 9.81. The van der Waals surface area contributed by atoms with E-state index in [-0.39, 0.29) is 18.2 Å². The Bertz CT molecular complexity index is 532. The van der Waals surface area contributed by atoms with Crippen LogP contribution >= 0.6 is 0 Å². The number of benzene rings is 1. The molecular weight excluding hydrogens is 318 g/mol. The molecule has 1 amide bonds. The van der Waals surface area contributed by atoms with Gasteiger partial charge in [0, 0.05) is 0 Å². The van der Waals surface area contributed by atoms with Crippen molar-refractivity contribution in [2.75, 3.05) is 0 Å². The molecule has 0 aliphatic heterocycles. The molecule has 0 heterocycles. The van der Waals surface area contributed by atoms with Crippen LogP contribution < -0.4 is 5.32 Å². The average molecular weight is 341 g/mol. The predicted octanol–water partition coefficient (Wildman–Crippen LogP) is 1.27. The van der Waals surface area contributed by atoms with Gasteiger partial charge in [0.05, 0.1) is 12.5 Å². The van der Waals surface area contributed by atoms with Crippen molar-refractivity contribution in [2.24, 2.45) is 0 Å². The third kappa shape index (κ3) is 8.14. The van der Waals surface area contributed by atoms with Crippen molar-refractivity contribution in [1.29, 1.82) is 0 Å². The molecule has 0 aromatic heterocycles. The lowest BCUT2D eigenvalue weighted by Crippen LogP contribution is -2.44. The van der Waals surface area contributed by atoms with Crippen LogP contribution in [0.2, 0.25) is 0 Å². The highest BCUT2D eigenvalue weighted by atomic mass is 16.6. The zero-order valence-corrected chi connectivity index (χ0v) is 13.7. The molecule has 24 heavy (non-hydrogen) atoms. The second-order valence-electron chi connectivity index (χ2n) is 5.01. The number of carboxylic acid groups (broad SMARTS) is 1. The van der Waals surface area contributed by atoms with Gasteiger partial charge < -0.3 is 25.4 Å². The van der Waals surface area contributed by atoms with Gasteiger partial charge in [0.25, 0.3) is 0 Å². The summed E-state index contributed by atoms with van der Waals surface area (Å²) in [7, 11) is 0. The number of ether oxygens (including phenoxy) is 2. The quantitative estimate of drug-likeness (QED) is 0.684. The van der Waals surface area contributed by atoms with Gasteiger partial charge in [-0.3, -0.25) is 4.79 Å². The molecule has 0 aliphatic carbocycles. The SMILES string of the molecule is CCC(C)OC(=O)[C@@H](CC(=O)O)NC(=O)OCc1ccccc1.O. The molecule has 0 spiro atoms. The van der Waals surface area contributed by atoms with Crippen molar-refractivity contribution in [3.63, 3.8) is 0 Å². The molecule has 1 rings (SSSR count). The van der Waals surface area contributed by atoms with Crippen molar-refractivity contribution in [3.8, 4) is 0 Å². The third-order valence-electron chi connectivity index (χ3n) is 3.06. The average Bonchev–Trinajstić information content (AvgIpc) is 2.52. The number of rotatable bonds is 8. The van der Waals surface area contributed by atoms with Crippen LogP contribution in [0, 0.1) is 0 Å². The van der Waals surface area contributed by atoms with E-state index in [2.05, 4.69) is 5.32 Å². The molecule has 134 valence electrons. The molecule has 0 fully saturated rings. The molecule has 1 aromatic carbocycles. The maximum Gasteiger partial charge on any atom is 0.408 e. The maximum atomic E-state index is 11.9. The van der Waals surface area contributed by atoms with Crippen LogP contribution in [-0.4, -0.2) is 40.8 Å². The van der Waals surface area contributed by atoms with Gasteiger partial charge in [-0.2, -0.15) is 0 Å². The predicted molar refractivity (Wildman–Crippen MR) is 85.3 cm³/mol. The lowest BCUT2D eigenvalue weighted by atomic mass is 10.2. The van der Waals surface area contributed by atoms with E-state index in [1.807, 2.05) is 13.0 Å². The molecular formula is C16H23NO7. The minimum Gasteiger partial charge on any atom is -0.481 e. The maximum absolute atomic E-state index is 11.9. The summed E-state index contributed by atoms with van der Waals surface area (Å²) in [5.41, 5.74) is 0.777. The molecule has 2 atom stereocenters. The highest BCUT2D eigenvalue weighted by Gasteiger charge is 2.27. The highest BCUT2D eigenvalue weighted by Crippen LogP contribution is 2.05. The number of carboxylic acids is 1. The van der Waals surface area contributed by atoms with Gasteiger partial charge in [-0.1, -0.05) is 37.3 Å². The lowest BCUT2D eigenvalue weighted by Gasteiger charge is -2.18. The van der Waals surface area contributed by atoms with Crippen molar-refractivity contribution in [2.45, 2.75) is 45.4 Å². The second kappa shape index (κ2) is 11.0. The Hall–Kier alpha value is -2.61. The van der Waals surface area contributed by atoms with E-state index in [1.165, 1.54) is 0 Å². The van der Waals surface area contributed by atoms with Crippen LogP contribution in [0.15, 0.2) is 30.3 Å². The number of hydrogen-bond donors (Lipinski definition) is 2. The fourth-order valence-corrected chi connectivity index (χ4v) is 1.64. The van der Waals surface area contributed by atoms with Crippen molar-refractivity contribution < 1.29 is 34.4 Å². The molecule has 0 radical (unpaired) electrons. The summed E-state index contributed by atoms with van der Waals surface area (Å²) < 4.78 is 10.0. The molecule has 1 aromatic rings. The first-order valence-corrected chi connectivity index (χ1v) is 7.31. The Morgan fingerprint density at radius 2 is 1.83 bits per heavy atom. The van der Waals surface area contributed by atoms with Gasteiger partial charge in [0.1, 0.15) is 12.6 Å². The molecule has 0 aliphatic rings. The smallest absolute Gasteiger partial charge is 0.408 e. The van der Waals surface area contributed by atoms with Crippen LogP contribution in [0.1, 0.15) is 32.3 Å². The summed E-state index contributed by atoms with van der Waals surface area (Å²) in [6, 6.07) is 7.70. The van der Waals surface area contributed by atoms with Gasteiger partial charge in [-0.15, -0.1) is 0 Å². The Morgan fingerprint density at radius 3 is 2.38 bits per heavy atom. The van der Waals surface area contributed by atoms with Crippen molar-refractivity contribution in [1.82, 2.24) is 5.32 Å². The van der Waals surface area contributed by atoms with E-state index in [4.69, 9.17) is 14.6 Å². The standard InChI is InChI=1S/C16H21NO6.H2O/c1-3-11(2)23-15(20)13(9-14(18)19)17-16(21)22-10-12-7-5-4-6-8-12;/h4-8,11,13H,3,9-10H2,1-2H3,(H,17,21)(H,18,19);1H2/t11?,13-;/m1./s1. The van der Waals surface area contributed by atoms with Gasteiger partial charge in [-0.25, -0.2) is 9.59 Å². The second-order valence-corrected chi connectivity index (χ2v) is 5.01. The number of aliphatic carboxylic acids is 1. The van der Waals surface area contributed by atoms with E-state index >= 15 is 0 Å². The molecule has 0 saturated heterocycles. The van der Waals surface area contributed by atoms with E-state index in [1.54, 1.807) is 31.2 Å². The zero-order chi connectivity index (χ0) is 17.2. The summed E-state index contributed by atoms with van der Waals surface area (Å²) in [4.78, 5) is 34.5. The van der Waals surface area contributed by atoms with Gasteiger partial charge in [-0.05, 0) is 18.9 Å². The molecule has 4 N–H and O–H groups in total. The normalized spacial score (nSPS) is 12.2. The topological polar surface area (TPSA) is 133 Å². The summed E-state index contributed by atoms with van der Waals surface area (Å²) in [5, 5.41) is 11.1. The molecule has 8 heteroatoms. The van der Waals surface area contributed by atoms with E-state index in [9.17, 15) is 14.4 Å². The summed E-state index contributed by atoms with van der Waals surface area (Å²) >= 11 is 0. The number of nitrogens with one attached hydrogen (secondary N) is 1. The van der Waals surface area contributed by atoms with Crippen LogP contribution in [0.4, 0.5) is 4.79 Å². The third-order valence-corrected chi connectivity index (χ3v) is 3.06. The number of hydrogen-bond acceptors (Lipinski definition) is 5. The number of amides is 1. The van der Waals surface area contributed by atoms with Gasteiger partial charge >= 0.3 is 18.0 Å². The number of carbonyl (C=O) groups is 3. The van der Waals surface area contributed by atoms with Crippen molar-refractivity contribution in [3.05, 3.63) is 35.9 Å². The fourth-order valence-electron chi connectivity index (χ4n) is 1.64. The first-order chi connectivity index (χ1) is 10.9. The molecule has 1 unspecified atom stereocenters. The van der Waals surface area contributed by atoms with Crippen molar-refractivity contribution >= 4 is 18.0 Å². The summed E-state index contributed by atoms with van der Waals surface area (Å²) in [6.45, 7) is 3.53. The Morgan fingerprint density at radius 1 is 1.21 bits per heavy atom. The number of esters is 1. The minimum absolute atomic E-state index is 0. The van der Waals surface area contributed by atoms with Gasteiger partial charge in [0.2, 0.25) is 0 Å². The van der Waals surface area contributed by atoms with Crippen LogP contribution in [0.3, 0.4) is 0 Å². The largest absolute Gasteiger partial charge is 0.481 e. The van der Waals surface area contributed by atoms with Crippen LogP contribution in [0.25, 0.3) is 0 Å². The minimum atomic E-state index is -1.29. The van der Waals surface area contributed by atoms with Crippen LogP contribution in [-0.2, 0) is 25.7 Å². The first kappa shape index (κ1) is 21.4. The zero-order valence-electron chi connectivity index (χ0n) is 13.7. The Labute approximate surface area is 140 Å². The summed E-state index contributed by atoms with van der Waals surface area (Å²) in [5.74, 6) is -2.02. The number of alkyl carbamates (subject to hydrolysis) is 1. The fraction of sp³-hybridized carbons (Fsp3) is 0.438. The summed E-state index contributed by atoms with van der Waals surface area (Å²) in [6.07, 6.45) is -1.22. The monoisotopic (exact) mass is 341 g/mol. The molecule has 0 bridgehead atoms. The molecule has 0 saturated carbocycles. The van der Waals surface area contributed by atoms with Crippen LogP contribution in [0.5, 0.6) is 0 Å².